The minimum atomic E-state index is -0.112. The number of imidazole rings is 1. The molecular formula is C20H23ClN4O. The standard InChI is InChI=1S/C20H23ClN4O/c1-4-5-9-19-24-18-11-17(23-14(3)26)13(2)22-20(18)25(19)12-15-7-6-8-16(21)10-15/h6-8,10-11H,4-5,9,12H2,1-3H3,(H,23,26). The molecular weight excluding hydrogens is 348 g/mol. The molecule has 0 saturated carbocycles. The molecule has 6 heteroatoms. The van der Waals surface area contributed by atoms with E-state index in [0.29, 0.717) is 12.2 Å². The summed E-state index contributed by atoms with van der Waals surface area (Å²) in [6.07, 6.45) is 3.06. The van der Waals surface area contributed by atoms with E-state index in [1.807, 2.05) is 31.2 Å². The van der Waals surface area contributed by atoms with Crippen LogP contribution in [0.25, 0.3) is 11.2 Å². The number of hydrogen-bond donors (Lipinski definition) is 1. The Balaban J connectivity index is 2.08. The van der Waals surface area contributed by atoms with Crippen molar-refractivity contribution < 1.29 is 4.79 Å². The van der Waals surface area contributed by atoms with Crippen LogP contribution in [0.3, 0.4) is 0 Å². The van der Waals surface area contributed by atoms with Crippen LogP contribution in [0.15, 0.2) is 30.3 Å². The summed E-state index contributed by atoms with van der Waals surface area (Å²) in [5.74, 6) is 0.896. The number of halogens is 1. The number of nitrogens with zero attached hydrogens (tertiary/aromatic N) is 3. The second-order valence-electron chi connectivity index (χ2n) is 6.49. The van der Waals surface area contributed by atoms with E-state index in [4.69, 9.17) is 21.6 Å². The molecule has 1 N–H and O–H groups in total. The highest BCUT2D eigenvalue weighted by atomic mass is 35.5. The molecule has 0 spiro atoms. The highest BCUT2D eigenvalue weighted by Gasteiger charge is 2.15. The van der Waals surface area contributed by atoms with E-state index in [0.717, 1.165) is 52.5 Å². The van der Waals surface area contributed by atoms with Crippen molar-refractivity contribution >= 4 is 34.4 Å². The Morgan fingerprint density at radius 3 is 2.77 bits per heavy atom. The maximum Gasteiger partial charge on any atom is 0.221 e. The smallest absolute Gasteiger partial charge is 0.221 e. The molecule has 0 aliphatic heterocycles. The van der Waals surface area contributed by atoms with E-state index >= 15 is 0 Å². The average molecular weight is 371 g/mol. The van der Waals surface area contributed by atoms with Gasteiger partial charge in [-0.05, 0) is 37.1 Å². The molecule has 0 unspecified atom stereocenters. The summed E-state index contributed by atoms with van der Waals surface area (Å²) in [7, 11) is 0. The Morgan fingerprint density at radius 2 is 2.08 bits per heavy atom. The van der Waals surface area contributed by atoms with Crippen LogP contribution in [0.5, 0.6) is 0 Å². The van der Waals surface area contributed by atoms with Gasteiger partial charge < -0.3 is 9.88 Å². The second-order valence-corrected chi connectivity index (χ2v) is 6.93. The zero-order chi connectivity index (χ0) is 18.7. The second kappa shape index (κ2) is 7.87. The molecule has 0 aliphatic carbocycles. The molecule has 2 heterocycles. The largest absolute Gasteiger partial charge is 0.325 e. The van der Waals surface area contributed by atoms with E-state index < -0.39 is 0 Å². The van der Waals surface area contributed by atoms with Crippen molar-refractivity contribution in [3.8, 4) is 0 Å². The van der Waals surface area contributed by atoms with Gasteiger partial charge in [0.15, 0.2) is 5.65 Å². The van der Waals surface area contributed by atoms with E-state index in [1.165, 1.54) is 6.92 Å². The molecule has 0 atom stereocenters. The molecule has 2 aromatic heterocycles. The van der Waals surface area contributed by atoms with Gasteiger partial charge in [-0.2, -0.15) is 0 Å². The van der Waals surface area contributed by atoms with Crippen molar-refractivity contribution in [3.05, 3.63) is 52.4 Å². The number of pyridine rings is 1. The first-order chi connectivity index (χ1) is 12.5. The molecule has 0 fully saturated rings. The number of rotatable bonds is 6. The van der Waals surface area contributed by atoms with Crippen molar-refractivity contribution in [1.29, 1.82) is 0 Å². The third kappa shape index (κ3) is 4.05. The number of carbonyl (C=O) groups is 1. The Kier molecular flexibility index (Phi) is 5.57. The summed E-state index contributed by atoms with van der Waals surface area (Å²) >= 11 is 6.14. The maximum absolute atomic E-state index is 11.4. The molecule has 1 aromatic carbocycles. The number of benzene rings is 1. The highest BCUT2D eigenvalue weighted by Crippen LogP contribution is 2.24. The van der Waals surface area contributed by atoms with Crippen LogP contribution in [0, 0.1) is 6.92 Å². The Bertz CT molecular complexity index is 948. The number of carbonyl (C=O) groups excluding carboxylic acids is 1. The predicted molar refractivity (Wildman–Crippen MR) is 106 cm³/mol. The van der Waals surface area contributed by atoms with Crippen molar-refractivity contribution in [2.24, 2.45) is 0 Å². The van der Waals surface area contributed by atoms with Crippen LogP contribution >= 0.6 is 11.6 Å². The maximum atomic E-state index is 11.4. The summed E-state index contributed by atoms with van der Waals surface area (Å²) in [5.41, 5.74) is 4.23. The van der Waals surface area contributed by atoms with E-state index in [9.17, 15) is 4.79 Å². The van der Waals surface area contributed by atoms with Crippen LogP contribution in [0.1, 0.15) is 43.8 Å². The van der Waals surface area contributed by atoms with Crippen LogP contribution < -0.4 is 5.32 Å². The van der Waals surface area contributed by atoms with Crippen LogP contribution in [0.4, 0.5) is 5.69 Å². The predicted octanol–water partition coefficient (Wildman–Crippen LogP) is 4.74. The molecule has 0 aliphatic rings. The number of anilines is 1. The quantitative estimate of drug-likeness (QED) is 0.681. The molecule has 26 heavy (non-hydrogen) atoms. The Morgan fingerprint density at radius 1 is 1.27 bits per heavy atom. The van der Waals surface area contributed by atoms with Gasteiger partial charge in [0, 0.05) is 18.4 Å². The molecule has 5 nitrogen and oxygen atoms in total. The summed E-state index contributed by atoms with van der Waals surface area (Å²) < 4.78 is 2.15. The summed E-state index contributed by atoms with van der Waals surface area (Å²) in [5, 5.41) is 3.55. The lowest BCUT2D eigenvalue weighted by Crippen LogP contribution is -2.09. The fourth-order valence-corrected chi connectivity index (χ4v) is 3.22. The lowest BCUT2D eigenvalue weighted by Gasteiger charge is -2.10. The summed E-state index contributed by atoms with van der Waals surface area (Å²) in [6.45, 7) is 6.23. The zero-order valence-electron chi connectivity index (χ0n) is 15.3. The van der Waals surface area contributed by atoms with Gasteiger partial charge >= 0.3 is 0 Å². The fourth-order valence-electron chi connectivity index (χ4n) is 3.01. The van der Waals surface area contributed by atoms with E-state index in [2.05, 4.69) is 22.9 Å². The number of amides is 1. The normalized spacial score (nSPS) is 11.1. The average Bonchev–Trinajstić information content (AvgIpc) is 2.90. The number of unbranched alkanes of at least 4 members (excludes halogenated alkanes) is 1. The zero-order valence-corrected chi connectivity index (χ0v) is 16.1. The van der Waals surface area contributed by atoms with Gasteiger partial charge in [0.25, 0.3) is 0 Å². The van der Waals surface area contributed by atoms with Gasteiger partial charge in [-0.3, -0.25) is 4.79 Å². The van der Waals surface area contributed by atoms with Gasteiger partial charge in [0.2, 0.25) is 5.91 Å². The first-order valence-corrected chi connectivity index (χ1v) is 9.24. The SMILES string of the molecule is CCCCc1nc2cc(NC(C)=O)c(C)nc2n1Cc1cccc(Cl)c1. The first-order valence-electron chi connectivity index (χ1n) is 8.86. The first kappa shape index (κ1) is 18.4. The van der Waals surface area contributed by atoms with E-state index in [-0.39, 0.29) is 5.91 Å². The van der Waals surface area contributed by atoms with Crippen molar-refractivity contribution in [2.45, 2.75) is 46.6 Å². The van der Waals surface area contributed by atoms with Gasteiger partial charge in [-0.1, -0.05) is 37.1 Å². The lowest BCUT2D eigenvalue weighted by molar-refractivity contribution is -0.114. The molecule has 0 radical (unpaired) electrons. The Labute approximate surface area is 158 Å². The van der Waals surface area contributed by atoms with E-state index in [1.54, 1.807) is 0 Å². The molecule has 1 amide bonds. The van der Waals surface area contributed by atoms with Crippen LogP contribution in [0.2, 0.25) is 5.02 Å². The molecule has 3 aromatic rings. The van der Waals surface area contributed by atoms with Crippen molar-refractivity contribution in [1.82, 2.24) is 14.5 Å². The molecule has 3 rings (SSSR count). The molecule has 0 saturated heterocycles. The number of hydrogen-bond acceptors (Lipinski definition) is 3. The third-order valence-corrected chi connectivity index (χ3v) is 4.52. The number of nitrogens with one attached hydrogen (secondary N) is 1. The topological polar surface area (TPSA) is 59.8 Å². The summed E-state index contributed by atoms with van der Waals surface area (Å²) in [4.78, 5) is 20.9. The highest BCUT2D eigenvalue weighted by molar-refractivity contribution is 6.30. The monoisotopic (exact) mass is 370 g/mol. The number of fused-ring (bicyclic) bond motifs is 1. The number of aromatic nitrogens is 3. The minimum absolute atomic E-state index is 0.112. The molecule has 0 bridgehead atoms. The van der Waals surface area contributed by atoms with Gasteiger partial charge in [0.05, 0.1) is 17.9 Å². The number of aryl methyl sites for hydroxylation is 2. The van der Waals surface area contributed by atoms with Crippen molar-refractivity contribution in [2.75, 3.05) is 5.32 Å². The lowest BCUT2D eigenvalue weighted by atomic mass is 10.2. The van der Waals surface area contributed by atoms with Gasteiger partial charge in [-0.25, -0.2) is 9.97 Å². The fraction of sp³-hybridized carbons (Fsp3) is 0.350. The third-order valence-electron chi connectivity index (χ3n) is 4.28. The Hall–Kier alpha value is -2.40. The summed E-state index contributed by atoms with van der Waals surface area (Å²) in [6, 6.07) is 9.76. The van der Waals surface area contributed by atoms with Crippen LogP contribution in [-0.4, -0.2) is 20.4 Å². The van der Waals surface area contributed by atoms with Crippen molar-refractivity contribution in [3.63, 3.8) is 0 Å². The van der Waals surface area contributed by atoms with Gasteiger partial charge in [0.1, 0.15) is 11.3 Å². The van der Waals surface area contributed by atoms with Crippen LogP contribution in [-0.2, 0) is 17.8 Å². The minimum Gasteiger partial charge on any atom is -0.325 e. The molecule has 136 valence electrons. The van der Waals surface area contributed by atoms with Gasteiger partial charge in [-0.15, -0.1) is 0 Å².